The molecule has 0 atom stereocenters. The Bertz CT molecular complexity index is 594. The summed E-state index contributed by atoms with van der Waals surface area (Å²) < 4.78 is 31.7. The summed E-state index contributed by atoms with van der Waals surface area (Å²) in [6, 6.07) is 0. The molecule has 0 aromatic rings. The molecule has 0 aromatic carbocycles. The number of hydrogen-bond donors (Lipinski definition) is 6. The number of rotatable bonds is 27. The SMILES string of the molecule is CCC(CC)(CO)N(CCO)COP(=O)(OCN(CCO)C(CC)(CC)CO)OCN(CCO)C(CC)(CC)CO. The van der Waals surface area contributed by atoms with Gasteiger partial charge in [-0.2, -0.15) is 0 Å². The highest BCUT2D eigenvalue weighted by Gasteiger charge is 2.40. The van der Waals surface area contributed by atoms with Gasteiger partial charge in [0.1, 0.15) is 20.2 Å². The van der Waals surface area contributed by atoms with E-state index in [0.717, 1.165) is 0 Å². The third kappa shape index (κ3) is 11.0. The largest absolute Gasteiger partial charge is 0.478 e. The van der Waals surface area contributed by atoms with Crippen molar-refractivity contribution in [3.63, 3.8) is 0 Å². The molecular weight excluding hydrogens is 557 g/mol. The van der Waals surface area contributed by atoms with Crippen molar-refractivity contribution in [2.24, 2.45) is 0 Å². The van der Waals surface area contributed by atoms with Crippen LogP contribution in [0.15, 0.2) is 0 Å². The van der Waals surface area contributed by atoms with Crippen LogP contribution in [0.1, 0.15) is 80.1 Å². The lowest BCUT2D eigenvalue weighted by atomic mass is 9.92. The van der Waals surface area contributed by atoms with Gasteiger partial charge >= 0.3 is 7.82 Å². The summed E-state index contributed by atoms with van der Waals surface area (Å²) in [6.07, 6.45) is 3.26. The molecule has 0 aliphatic heterocycles. The highest BCUT2D eigenvalue weighted by Crippen LogP contribution is 2.51. The predicted octanol–water partition coefficient (Wildman–Crippen LogP) is 1.55. The molecule has 6 N–H and O–H groups in total. The van der Waals surface area contributed by atoms with E-state index in [1.807, 2.05) is 41.5 Å². The van der Waals surface area contributed by atoms with E-state index in [2.05, 4.69) is 0 Å². The van der Waals surface area contributed by atoms with Crippen molar-refractivity contribution in [2.45, 2.75) is 96.7 Å². The summed E-state index contributed by atoms with van der Waals surface area (Å²) in [5.41, 5.74) is -2.19. The average molecular weight is 618 g/mol. The van der Waals surface area contributed by atoms with Gasteiger partial charge in [0.05, 0.1) is 39.6 Å². The Morgan fingerprint density at radius 3 is 0.854 bits per heavy atom. The molecule has 13 nitrogen and oxygen atoms in total. The van der Waals surface area contributed by atoms with Crippen LogP contribution >= 0.6 is 7.82 Å². The first-order valence-electron chi connectivity index (χ1n) is 15.0. The van der Waals surface area contributed by atoms with E-state index in [4.69, 9.17) is 13.6 Å². The first-order valence-corrected chi connectivity index (χ1v) is 16.4. The van der Waals surface area contributed by atoms with Gasteiger partial charge in [-0.3, -0.25) is 28.3 Å². The zero-order chi connectivity index (χ0) is 31.6. The van der Waals surface area contributed by atoms with Crippen LogP contribution < -0.4 is 0 Å². The van der Waals surface area contributed by atoms with E-state index < -0.39 is 24.4 Å². The van der Waals surface area contributed by atoms with E-state index in [9.17, 15) is 35.2 Å². The molecule has 0 unspecified atom stereocenters. The van der Waals surface area contributed by atoms with E-state index in [0.29, 0.717) is 38.5 Å². The minimum Gasteiger partial charge on any atom is -0.395 e. The fourth-order valence-corrected chi connectivity index (χ4v) is 6.34. The molecule has 0 rings (SSSR count). The summed E-state index contributed by atoms with van der Waals surface area (Å²) in [4.78, 5) is 5.11. The summed E-state index contributed by atoms with van der Waals surface area (Å²) in [5, 5.41) is 59.7. The lowest BCUT2D eigenvalue weighted by molar-refractivity contribution is -0.0792. The van der Waals surface area contributed by atoms with Gasteiger partial charge in [0.2, 0.25) is 0 Å². The quantitative estimate of drug-likeness (QED) is 0.0579. The Morgan fingerprint density at radius 1 is 0.488 bits per heavy atom. The first-order chi connectivity index (χ1) is 19.5. The molecule has 14 heteroatoms. The van der Waals surface area contributed by atoms with E-state index in [1.165, 1.54) is 0 Å². The van der Waals surface area contributed by atoms with Crippen LogP contribution in [0.3, 0.4) is 0 Å². The predicted molar refractivity (Wildman–Crippen MR) is 158 cm³/mol. The molecule has 0 saturated carbocycles. The van der Waals surface area contributed by atoms with Crippen LogP contribution in [0.5, 0.6) is 0 Å². The molecule has 0 aromatic heterocycles. The van der Waals surface area contributed by atoms with Gasteiger partial charge in [0.15, 0.2) is 0 Å². The van der Waals surface area contributed by atoms with Gasteiger partial charge in [0, 0.05) is 36.3 Å². The Kier molecular flexibility index (Phi) is 20.5. The second-order valence-electron chi connectivity index (χ2n) is 10.5. The number of aliphatic hydroxyl groups excluding tert-OH is 6. The topological polar surface area (TPSA) is 176 Å². The van der Waals surface area contributed by atoms with Gasteiger partial charge in [0.25, 0.3) is 0 Å². The van der Waals surface area contributed by atoms with Crippen LogP contribution in [-0.4, -0.2) is 141 Å². The highest BCUT2D eigenvalue weighted by molar-refractivity contribution is 7.48. The van der Waals surface area contributed by atoms with Gasteiger partial charge in [-0.15, -0.1) is 0 Å². The molecule has 0 spiro atoms. The van der Waals surface area contributed by atoms with Crippen LogP contribution in [-0.2, 0) is 18.1 Å². The van der Waals surface area contributed by atoms with E-state index in [1.54, 1.807) is 14.7 Å². The number of phosphoric ester groups is 1. The lowest BCUT2D eigenvalue weighted by Gasteiger charge is -2.43. The molecule has 0 heterocycles. The monoisotopic (exact) mass is 617 g/mol. The molecule has 248 valence electrons. The van der Waals surface area contributed by atoms with Gasteiger partial charge < -0.3 is 30.6 Å². The summed E-state index contributed by atoms with van der Waals surface area (Å²) in [7, 11) is -4.37. The Labute approximate surface area is 247 Å². The first kappa shape index (κ1) is 40.8. The van der Waals surface area contributed by atoms with Crippen LogP contribution in [0.4, 0.5) is 0 Å². The summed E-state index contributed by atoms with van der Waals surface area (Å²) in [6.45, 7) is 9.77. The van der Waals surface area contributed by atoms with Crippen LogP contribution in [0.2, 0.25) is 0 Å². The maximum Gasteiger partial charge on any atom is 0.478 e. The minimum absolute atomic E-state index is 0.147. The molecule has 0 fully saturated rings. The smallest absolute Gasteiger partial charge is 0.395 e. The maximum absolute atomic E-state index is 14.2. The third-order valence-electron chi connectivity index (χ3n) is 9.07. The van der Waals surface area contributed by atoms with Crippen molar-refractivity contribution in [1.82, 2.24) is 14.7 Å². The molecule has 0 saturated heterocycles. The van der Waals surface area contributed by atoms with Crippen LogP contribution in [0.25, 0.3) is 0 Å². The Hall–Kier alpha value is -0.250. The van der Waals surface area contributed by atoms with Crippen molar-refractivity contribution in [2.75, 3.05) is 79.5 Å². The molecule has 0 aliphatic carbocycles. The fourth-order valence-electron chi connectivity index (χ4n) is 5.27. The number of hydrogen-bond acceptors (Lipinski definition) is 13. The van der Waals surface area contributed by atoms with Crippen molar-refractivity contribution in [3.8, 4) is 0 Å². The second kappa shape index (κ2) is 20.7. The summed E-state index contributed by atoms with van der Waals surface area (Å²) >= 11 is 0. The molecule has 0 bridgehead atoms. The van der Waals surface area contributed by atoms with Crippen LogP contribution in [0, 0.1) is 0 Å². The van der Waals surface area contributed by atoms with Gasteiger partial charge in [-0.05, 0) is 38.5 Å². The highest BCUT2D eigenvalue weighted by atomic mass is 31.2. The fraction of sp³-hybridized carbons (Fsp3) is 1.00. The Balaban J connectivity index is 6.35. The molecule has 0 amide bonds. The maximum atomic E-state index is 14.2. The number of nitrogens with zero attached hydrogens (tertiary/aromatic N) is 3. The third-order valence-corrected chi connectivity index (χ3v) is 10.4. The molecular formula is C27H60N3O10P. The lowest BCUT2D eigenvalue weighted by Crippen LogP contribution is -2.54. The number of β-amino-alcohol motifs (C(OH)–C–C–N with tert-alkyl or cyclic N) is 3. The van der Waals surface area contributed by atoms with Crippen molar-refractivity contribution >= 4 is 7.82 Å². The minimum atomic E-state index is -4.37. The normalized spacial score (nSPS) is 13.7. The van der Waals surface area contributed by atoms with Crippen molar-refractivity contribution in [1.29, 1.82) is 0 Å². The molecule has 41 heavy (non-hydrogen) atoms. The second-order valence-corrected chi connectivity index (χ2v) is 12.1. The van der Waals surface area contributed by atoms with Gasteiger partial charge in [-0.25, -0.2) is 4.57 Å². The number of aliphatic hydroxyl groups is 6. The standard InChI is InChI=1S/C27H60N3O10P/c1-7-25(8-2,19-34)28(13-16-31)22-38-41(37,39-23-29(14-17-32)26(9-3,10-4)20-35)40-24-30(15-18-33)27(11-5,12-6)21-36/h31-36H,7-24H2,1-6H3. The van der Waals surface area contributed by atoms with E-state index in [-0.39, 0.29) is 79.5 Å². The zero-order valence-corrected chi connectivity index (χ0v) is 27.2. The van der Waals surface area contributed by atoms with Crippen molar-refractivity contribution in [3.05, 3.63) is 0 Å². The zero-order valence-electron chi connectivity index (χ0n) is 26.3. The molecule has 0 aliphatic rings. The number of phosphoric acid groups is 1. The molecule has 0 radical (unpaired) electrons. The van der Waals surface area contributed by atoms with Crippen molar-refractivity contribution < 1.29 is 48.8 Å². The Morgan fingerprint density at radius 2 is 0.707 bits per heavy atom. The van der Waals surface area contributed by atoms with Gasteiger partial charge in [-0.1, -0.05) is 41.5 Å². The average Bonchev–Trinajstić information content (AvgIpc) is 3.00. The van der Waals surface area contributed by atoms with E-state index >= 15 is 0 Å². The summed E-state index contributed by atoms with van der Waals surface area (Å²) in [5.74, 6) is 0.